The third-order valence-corrected chi connectivity index (χ3v) is 6.09. The van der Waals surface area contributed by atoms with E-state index < -0.39 is 5.54 Å². The lowest BCUT2D eigenvalue weighted by Crippen LogP contribution is -2.60. The van der Waals surface area contributed by atoms with Crippen LogP contribution >= 0.6 is 0 Å². The van der Waals surface area contributed by atoms with Crippen molar-refractivity contribution in [2.75, 3.05) is 39.5 Å². The van der Waals surface area contributed by atoms with Gasteiger partial charge in [-0.3, -0.25) is 14.7 Å². The summed E-state index contributed by atoms with van der Waals surface area (Å²) in [5.41, 5.74) is 1.71. The molecule has 6 nitrogen and oxygen atoms in total. The first-order valence-electron chi connectivity index (χ1n) is 10.1. The van der Waals surface area contributed by atoms with Gasteiger partial charge in [0, 0.05) is 30.6 Å². The first kappa shape index (κ1) is 19.3. The van der Waals surface area contributed by atoms with Crippen molar-refractivity contribution in [2.45, 2.75) is 31.8 Å². The van der Waals surface area contributed by atoms with E-state index >= 15 is 0 Å². The maximum Gasteiger partial charge on any atom is 0.240 e. The number of nitrogens with zero attached hydrogens (tertiary/aromatic N) is 2. The van der Waals surface area contributed by atoms with Gasteiger partial charge in [-0.2, -0.15) is 0 Å². The fourth-order valence-corrected chi connectivity index (χ4v) is 4.19. The summed E-state index contributed by atoms with van der Waals surface area (Å²) in [5, 5.41) is 4.45. The molecule has 0 spiro atoms. The normalized spacial score (nSPS) is 23.8. The first-order valence-corrected chi connectivity index (χ1v) is 10.1. The predicted octanol–water partition coefficient (Wildman–Crippen LogP) is 2.02. The van der Waals surface area contributed by atoms with Crippen molar-refractivity contribution in [1.82, 2.24) is 15.2 Å². The molecule has 3 heterocycles. The number of para-hydroxylation sites is 1. The van der Waals surface area contributed by atoms with Gasteiger partial charge < -0.3 is 14.8 Å². The molecule has 0 saturated carbocycles. The van der Waals surface area contributed by atoms with Gasteiger partial charge in [0.25, 0.3) is 0 Å². The standard InChI is InChI=1S/C22H29N3O3/c1-22(2,25-9-11-27-12-10-25)21(26)24-20-15-28-14-17(20)13-16-7-8-23-19-6-4-3-5-18(16)19/h3-8,17,20H,9-15H2,1-2H3,(H,24,26)/t17-,20+/m1/s1. The fraction of sp³-hybridized carbons (Fsp3) is 0.545. The molecule has 1 N–H and O–H groups in total. The van der Waals surface area contributed by atoms with Crippen LogP contribution in [0.4, 0.5) is 0 Å². The molecule has 2 fully saturated rings. The lowest BCUT2D eigenvalue weighted by atomic mass is 9.92. The van der Waals surface area contributed by atoms with Crippen LogP contribution in [0.2, 0.25) is 0 Å². The summed E-state index contributed by atoms with van der Waals surface area (Å²) < 4.78 is 11.2. The summed E-state index contributed by atoms with van der Waals surface area (Å²) in [7, 11) is 0. The van der Waals surface area contributed by atoms with Crippen molar-refractivity contribution < 1.29 is 14.3 Å². The number of carbonyl (C=O) groups is 1. The summed E-state index contributed by atoms with van der Waals surface area (Å²) in [6.07, 6.45) is 2.73. The molecule has 4 rings (SSSR count). The molecule has 150 valence electrons. The molecule has 0 aliphatic carbocycles. The number of hydrogen-bond donors (Lipinski definition) is 1. The van der Waals surface area contributed by atoms with Crippen LogP contribution in [0.3, 0.4) is 0 Å². The van der Waals surface area contributed by atoms with E-state index in [-0.39, 0.29) is 17.9 Å². The second kappa shape index (κ2) is 8.15. The van der Waals surface area contributed by atoms with Crippen LogP contribution in [0.1, 0.15) is 19.4 Å². The molecule has 2 saturated heterocycles. The summed E-state index contributed by atoms with van der Waals surface area (Å²) in [4.78, 5) is 19.7. The maximum absolute atomic E-state index is 13.1. The van der Waals surface area contributed by atoms with Crippen molar-refractivity contribution in [2.24, 2.45) is 5.92 Å². The largest absolute Gasteiger partial charge is 0.379 e. The zero-order valence-corrected chi connectivity index (χ0v) is 16.7. The highest BCUT2D eigenvalue weighted by Gasteiger charge is 2.39. The van der Waals surface area contributed by atoms with Gasteiger partial charge in [-0.25, -0.2) is 0 Å². The minimum atomic E-state index is -0.555. The fourth-order valence-electron chi connectivity index (χ4n) is 4.19. The molecule has 2 atom stereocenters. The van der Waals surface area contributed by atoms with Gasteiger partial charge in [-0.05, 0) is 38.0 Å². The molecule has 1 aromatic carbocycles. The van der Waals surface area contributed by atoms with Crippen molar-refractivity contribution >= 4 is 16.8 Å². The average Bonchev–Trinajstić information content (AvgIpc) is 3.15. The Morgan fingerprint density at radius 3 is 2.79 bits per heavy atom. The number of amides is 1. The Bertz CT molecular complexity index is 827. The van der Waals surface area contributed by atoms with E-state index in [1.165, 1.54) is 10.9 Å². The first-order chi connectivity index (χ1) is 13.6. The molecule has 6 heteroatoms. The van der Waals surface area contributed by atoms with Gasteiger partial charge in [0.15, 0.2) is 0 Å². The molecule has 0 radical (unpaired) electrons. The predicted molar refractivity (Wildman–Crippen MR) is 108 cm³/mol. The van der Waals surface area contributed by atoms with Crippen LogP contribution in [0, 0.1) is 5.92 Å². The number of pyridine rings is 1. The molecular weight excluding hydrogens is 354 g/mol. The lowest BCUT2D eigenvalue weighted by molar-refractivity contribution is -0.135. The summed E-state index contributed by atoms with van der Waals surface area (Å²) >= 11 is 0. The number of morpholine rings is 1. The molecule has 28 heavy (non-hydrogen) atoms. The van der Waals surface area contributed by atoms with Gasteiger partial charge in [0.1, 0.15) is 0 Å². The number of carbonyl (C=O) groups excluding carboxylic acids is 1. The second-order valence-corrected chi connectivity index (χ2v) is 8.23. The van der Waals surface area contributed by atoms with E-state index in [1.54, 1.807) is 0 Å². The Kier molecular flexibility index (Phi) is 5.62. The summed E-state index contributed by atoms with van der Waals surface area (Å²) in [5.74, 6) is 0.324. The van der Waals surface area contributed by atoms with E-state index in [2.05, 4.69) is 27.3 Å². The van der Waals surface area contributed by atoms with Gasteiger partial charge in [0.05, 0.1) is 43.5 Å². The maximum atomic E-state index is 13.1. The number of hydrogen-bond acceptors (Lipinski definition) is 5. The topological polar surface area (TPSA) is 63.7 Å². The molecule has 2 aliphatic rings. The minimum Gasteiger partial charge on any atom is -0.379 e. The Morgan fingerprint density at radius 1 is 1.18 bits per heavy atom. The van der Waals surface area contributed by atoms with Crippen molar-refractivity contribution in [1.29, 1.82) is 0 Å². The summed E-state index contributed by atoms with van der Waals surface area (Å²) in [6, 6.07) is 10.3. The molecule has 1 aromatic heterocycles. The van der Waals surface area contributed by atoms with Crippen LogP contribution in [-0.4, -0.2) is 66.9 Å². The third kappa shape index (κ3) is 3.90. The smallest absolute Gasteiger partial charge is 0.240 e. The molecule has 0 unspecified atom stereocenters. The van der Waals surface area contributed by atoms with Gasteiger partial charge >= 0.3 is 0 Å². The van der Waals surface area contributed by atoms with Crippen molar-refractivity contribution in [3.05, 3.63) is 42.1 Å². The van der Waals surface area contributed by atoms with E-state index in [9.17, 15) is 4.79 Å². The zero-order valence-electron chi connectivity index (χ0n) is 16.7. The quantitative estimate of drug-likeness (QED) is 0.856. The van der Waals surface area contributed by atoms with Crippen LogP contribution in [0.25, 0.3) is 10.9 Å². The molecule has 0 bridgehead atoms. The highest BCUT2D eigenvalue weighted by Crippen LogP contribution is 2.25. The SMILES string of the molecule is CC(C)(C(=O)N[C@H]1COC[C@H]1Cc1ccnc2ccccc12)N1CCOCC1. The van der Waals surface area contributed by atoms with E-state index in [0.29, 0.717) is 26.4 Å². The minimum absolute atomic E-state index is 0.0275. The second-order valence-electron chi connectivity index (χ2n) is 8.23. The Morgan fingerprint density at radius 2 is 1.96 bits per heavy atom. The Labute approximate surface area is 166 Å². The van der Waals surface area contributed by atoms with Crippen LogP contribution < -0.4 is 5.32 Å². The highest BCUT2D eigenvalue weighted by molar-refractivity contribution is 5.86. The monoisotopic (exact) mass is 383 g/mol. The number of benzene rings is 1. The summed E-state index contributed by atoms with van der Waals surface area (Å²) in [6.45, 7) is 8.16. The molecule has 2 aliphatic heterocycles. The highest BCUT2D eigenvalue weighted by atomic mass is 16.5. The Hall–Kier alpha value is -2.02. The van der Waals surface area contributed by atoms with Crippen LogP contribution in [0.5, 0.6) is 0 Å². The average molecular weight is 383 g/mol. The van der Waals surface area contributed by atoms with E-state index in [4.69, 9.17) is 9.47 Å². The number of rotatable bonds is 5. The van der Waals surface area contributed by atoms with Gasteiger partial charge in [-0.1, -0.05) is 18.2 Å². The molecule has 1 amide bonds. The van der Waals surface area contributed by atoms with Crippen molar-refractivity contribution in [3.8, 4) is 0 Å². The number of aromatic nitrogens is 1. The molecule has 2 aromatic rings. The van der Waals surface area contributed by atoms with Gasteiger partial charge in [-0.15, -0.1) is 0 Å². The third-order valence-electron chi connectivity index (χ3n) is 6.09. The van der Waals surface area contributed by atoms with Gasteiger partial charge in [0.2, 0.25) is 5.91 Å². The van der Waals surface area contributed by atoms with Crippen molar-refractivity contribution in [3.63, 3.8) is 0 Å². The number of nitrogens with one attached hydrogen (secondary N) is 1. The lowest BCUT2D eigenvalue weighted by Gasteiger charge is -2.40. The molecular formula is C22H29N3O3. The van der Waals surface area contributed by atoms with Crippen LogP contribution in [0.15, 0.2) is 36.5 Å². The Balaban J connectivity index is 1.45. The van der Waals surface area contributed by atoms with E-state index in [0.717, 1.165) is 25.0 Å². The van der Waals surface area contributed by atoms with E-state index in [1.807, 2.05) is 38.2 Å². The number of ether oxygens (including phenoxy) is 2. The zero-order chi connectivity index (χ0) is 19.6. The van der Waals surface area contributed by atoms with Crippen LogP contribution in [-0.2, 0) is 20.7 Å². The number of fused-ring (bicyclic) bond motifs is 1.